The fourth-order valence-corrected chi connectivity index (χ4v) is 4.38. The van der Waals surface area contributed by atoms with E-state index in [2.05, 4.69) is 21.9 Å². The number of anilines is 1. The third kappa shape index (κ3) is 5.80. The highest BCUT2D eigenvalue weighted by molar-refractivity contribution is 5.92. The van der Waals surface area contributed by atoms with E-state index in [1.54, 1.807) is 26.0 Å². The number of hydrogen-bond acceptors (Lipinski definition) is 4. The number of benzene rings is 1. The van der Waals surface area contributed by atoms with Crippen LogP contribution in [-0.4, -0.2) is 48.3 Å². The highest BCUT2D eigenvalue weighted by Gasteiger charge is 2.31. The summed E-state index contributed by atoms with van der Waals surface area (Å²) < 4.78 is 13.2. The van der Waals surface area contributed by atoms with Gasteiger partial charge in [0.2, 0.25) is 5.91 Å². The topological polar surface area (TPSA) is 45.1 Å². The molecule has 1 aromatic rings. The summed E-state index contributed by atoms with van der Waals surface area (Å²) in [5.41, 5.74) is 1.91. The number of piperidine rings is 1. The van der Waals surface area contributed by atoms with E-state index in [1.807, 2.05) is 4.90 Å². The lowest BCUT2D eigenvalue weighted by molar-refractivity contribution is -0.117. The Labute approximate surface area is 172 Å². The van der Waals surface area contributed by atoms with Crippen LogP contribution in [-0.2, 0) is 9.63 Å². The lowest BCUT2D eigenvalue weighted by Gasteiger charge is -2.42. The van der Waals surface area contributed by atoms with E-state index in [4.69, 9.17) is 4.84 Å². The number of amides is 1. The van der Waals surface area contributed by atoms with Gasteiger partial charge >= 0.3 is 0 Å². The molecule has 2 fully saturated rings. The van der Waals surface area contributed by atoms with E-state index in [-0.39, 0.29) is 17.8 Å². The predicted molar refractivity (Wildman–Crippen MR) is 113 cm³/mol. The van der Waals surface area contributed by atoms with Gasteiger partial charge in [0.25, 0.3) is 0 Å². The first-order valence-electron chi connectivity index (χ1n) is 10.4. The van der Waals surface area contributed by atoms with Crippen LogP contribution >= 0.6 is 0 Å². The fourth-order valence-electron chi connectivity index (χ4n) is 4.38. The molecule has 1 saturated carbocycles. The average Bonchev–Trinajstić information content (AvgIpc) is 2.74. The second kappa shape index (κ2) is 10.4. The summed E-state index contributed by atoms with van der Waals surface area (Å²) in [6.07, 6.45) is 6.01. The van der Waals surface area contributed by atoms with Crippen molar-refractivity contribution in [3.8, 4) is 11.8 Å². The minimum Gasteiger partial charge on any atom is -0.383 e. The molecular weight excluding hydrogens is 369 g/mol. The van der Waals surface area contributed by atoms with Crippen molar-refractivity contribution in [2.45, 2.75) is 64.5 Å². The van der Waals surface area contributed by atoms with Crippen molar-refractivity contribution in [3.05, 3.63) is 30.1 Å². The van der Waals surface area contributed by atoms with Crippen LogP contribution < -0.4 is 4.90 Å². The van der Waals surface area contributed by atoms with Gasteiger partial charge in [-0.2, -0.15) is 0 Å². The van der Waals surface area contributed by atoms with Crippen LogP contribution in [0.25, 0.3) is 0 Å². The highest BCUT2D eigenvalue weighted by atomic mass is 19.1. The number of oxime groups is 1. The van der Waals surface area contributed by atoms with E-state index in [1.165, 1.54) is 12.1 Å². The Balaban J connectivity index is 1.50. The number of nitrogens with zero attached hydrogens (tertiary/aromatic N) is 3. The minimum atomic E-state index is -0.282. The smallest absolute Gasteiger partial charge is 0.224 e. The molecule has 1 heterocycles. The zero-order valence-corrected chi connectivity index (χ0v) is 17.4. The van der Waals surface area contributed by atoms with Crippen LogP contribution in [0.15, 0.2) is 29.4 Å². The van der Waals surface area contributed by atoms with E-state index in [9.17, 15) is 9.18 Å². The molecule has 5 nitrogen and oxygen atoms in total. The second-order valence-corrected chi connectivity index (χ2v) is 7.72. The molecule has 2 aliphatic rings. The van der Waals surface area contributed by atoms with Crippen LogP contribution in [0.5, 0.6) is 0 Å². The summed E-state index contributed by atoms with van der Waals surface area (Å²) in [4.78, 5) is 21.9. The minimum absolute atomic E-state index is 0.0151. The summed E-state index contributed by atoms with van der Waals surface area (Å²) in [6.45, 7) is 5.70. The molecule has 0 spiro atoms. The van der Waals surface area contributed by atoms with Crippen LogP contribution in [0.1, 0.15) is 52.4 Å². The van der Waals surface area contributed by atoms with Gasteiger partial charge in [-0.05, 0) is 69.7 Å². The zero-order chi connectivity index (χ0) is 20.6. The Morgan fingerprint density at radius 3 is 2.45 bits per heavy atom. The molecule has 0 bridgehead atoms. The summed E-state index contributed by atoms with van der Waals surface area (Å²) in [5, 5.41) is 4.22. The molecule has 1 aliphatic carbocycles. The Kier molecular flexibility index (Phi) is 7.65. The Morgan fingerprint density at radius 1 is 1.21 bits per heavy atom. The Bertz CT molecular complexity index is 764. The van der Waals surface area contributed by atoms with Gasteiger partial charge in [0.15, 0.2) is 6.61 Å². The van der Waals surface area contributed by atoms with Crippen molar-refractivity contribution in [1.82, 2.24) is 4.90 Å². The maximum absolute atomic E-state index is 13.2. The molecule has 6 heteroatoms. The van der Waals surface area contributed by atoms with Gasteiger partial charge in [0.05, 0.1) is 5.71 Å². The third-order valence-electron chi connectivity index (χ3n) is 5.86. The molecule has 3 rings (SSSR count). The van der Waals surface area contributed by atoms with E-state index in [0.717, 1.165) is 63.0 Å². The first-order valence-corrected chi connectivity index (χ1v) is 10.4. The Morgan fingerprint density at radius 2 is 1.86 bits per heavy atom. The first-order chi connectivity index (χ1) is 14.1. The quantitative estimate of drug-likeness (QED) is 0.427. The van der Waals surface area contributed by atoms with Crippen molar-refractivity contribution in [1.29, 1.82) is 0 Å². The van der Waals surface area contributed by atoms with Crippen molar-refractivity contribution in [3.63, 3.8) is 0 Å². The van der Waals surface area contributed by atoms with Crippen molar-refractivity contribution in [2.75, 3.05) is 24.6 Å². The molecule has 0 N–H and O–H groups in total. The maximum Gasteiger partial charge on any atom is 0.224 e. The SMILES string of the molecule is CC#CCON=C1CCC(N2CCC(N(C(C)=O)c3ccc(F)cc3)CC2)CC1. The van der Waals surface area contributed by atoms with Gasteiger partial charge in [0.1, 0.15) is 5.82 Å². The van der Waals surface area contributed by atoms with Gasteiger partial charge in [-0.15, -0.1) is 5.92 Å². The van der Waals surface area contributed by atoms with E-state index >= 15 is 0 Å². The average molecular weight is 400 g/mol. The predicted octanol–water partition coefficient (Wildman–Crippen LogP) is 3.98. The molecule has 156 valence electrons. The van der Waals surface area contributed by atoms with Crippen molar-refractivity contribution >= 4 is 17.3 Å². The van der Waals surface area contributed by atoms with Crippen molar-refractivity contribution in [2.24, 2.45) is 5.16 Å². The largest absolute Gasteiger partial charge is 0.383 e. The molecule has 0 aromatic heterocycles. The standard InChI is InChI=1S/C23H30FN3O2/c1-3-4-17-29-25-20-7-11-21(12-8-20)26-15-13-23(14-16-26)27(18(2)28)22-9-5-19(24)6-10-22/h5-6,9-10,21,23H,7-8,11-17H2,1-2H3. The van der Waals surface area contributed by atoms with Gasteiger partial charge in [-0.25, -0.2) is 4.39 Å². The number of likely N-dealkylation sites (tertiary alicyclic amines) is 1. The molecule has 29 heavy (non-hydrogen) atoms. The zero-order valence-electron chi connectivity index (χ0n) is 17.4. The van der Waals surface area contributed by atoms with Gasteiger partial charge in [-0.3, -0.25) is 4.79 Å². The molecule has 1 amide bonds. The van der Waals surface area contributed by atoms with E-state index < -0.39 is 0 Å². The number of rotatable bonds is 5. The van der Waals surface area contributed by atoms with Crippen LogP contribution in [0.4, 0.5) is 10.1 Å². The lowest BCUT2D eigenvalue weighted by atomic mass is 9.90. The molecule has 1 saturated heterocycles. The van der Waals surface area contributed by atoms with Crippen molar-refractivity contribution < 1.29 is 14.0 Å². The highest BCUT2D eigenvalue weighted by Crippen LogP contribution is 2.28. The third-order valence-corrected chi connectivity index (χ3v) is 5.86. The molecule has 1 aromatic carbocycles. The second-order valence-electron chi connectivity index (χ2n) is 7.72. The monoisotopic (exact) mass is 399 g/mol. The summed E-state index contributed by atoms with van der Waals surface area (Å²) in [5.74, 6) is 5.38. The van der Waals surface area contributed by atoms with Crippen LogP contribution in [0.2, 0.25) is 0 Å². The molecule has 1 aliphatic heterocycles. The summed E-state index contributed by atoms with van der Waals surface area (Å²) in [7, 11) is 0. The molecular formula is C23H30FN3O2. The number of halogens is 1. The maximum atomic E-state index is 13.2. The normalized spacial score (nSPS) is 20.5. The molecule has 0 radical (unpaired) electrons. The van der Waals surface area contributed by atoms with E-state index in [0.29, 0.717) is 12.6 Å². The lowest BCUT2D eigenvalue weighted by Crippen LogP contribution is -2.50. The first kappa shape index (κ1) is 21.3. The van der Waals surface area contributed by atoms with Gasteiger partial charge < -0.3 is 14.6 Å². The molecule has 0 atom stereocenters. The fraction of sp³-hybridized carbons (Fsp3) is 0.565. The Hall–Kier alpha value is -2.39. The van der Waals surface area contributed by atoms with Crippen LogP contribution in [0, 0.1) is 17.7 Å². The molecule has 0 unspecified atom stereocenters. The van der Waals surface area contributed by atoms with Gasteiger partial charge in [0, 0.05) is 37.8 Å². The van der Waals surface area contributed by atoms with Gasteiger partial charge in [-0.1, -0.05) is 11.1 Å². The number of carbonyl (C=O) groups is 1. The summed E-state index contributed by atoms with van der Waals surface area (Å²) >= 11 is 0. The van der Waals surface area contributed by atoms with Crippen LogP contribution in [0.3, 0.4) is 0 Å². The number of hydrogen-bond donors (Lipinski definition) is 0. The number of carbonyl (C=O) groups excluding carboxylic acids is 1. The summed E-state index contributed by atoms with van der Waals surface area (Å²) in [6, 6.07) is 6.96.